The van der Waals surface area contributed by atoms with E-state index in [9.17, 15) is 25.2 Å². The Morgan fingerprint density at radius 2 is 1.84 bits per heavy atom. The number of nitrogens with one attached hydrogen (secondary N) is 1. The first-order valence-corrected chi connectivity index (χ1v) is 8.23. The molecule has 5 N–H and O–H groups in total. The van der Waals surface area contributed by atoms with Crippen LogP contribution in [0.5, 0.6) is 0 Å². The van der Waals surface area contributed by atoms with Crippen molar-refractivity contribution in [3.05, 3.63) is 35.9 Å². The average molecular weight is 348 g/mol. The first-order valence-electron chi connectivity index (χ1n) is 8.23. The van der Waals surface area contributed by atoms with E-state index in [0.717, 1.165) is 5.56 Å². The van der Waals surface area contributed by atoms with Crippen LogP contribution in [0.4, 0.5) is 0 Å². The molecule has 0 radical (unpaired) electrons. The van der Waals surface area contributed by atoms with E-state index in [1.54, 1.807) is 6.92 Å². The SMILES string of the molecule is CCNC(=O)C1C(O)C(O)C(O)C(CO)N1CC#Cc1ccccc1. The fraction of sp³-hybridized carbons (Fsp3) is 0.500. The molecule has 0 aromatic heterocycles. The topological polar surface area (TPSA) is 113 Å². The number of hydrogen-bond acceptors (Lipinski definition) is 6. The van der Waals surface area contributed by atoms with Gasteiger partial charge in [0.05, 0.1) is 19.2 Å². The summed E-state index contributed by atoms with van der Waals surface area (Å²) in [6.45, 7) is 1.66. The lowest BCUT2D eigenvalue weighted by atomic mass is 9.87. The second-order valence-corrected chi connectivity index (χ2v) is 5.90. The fourth-order valence-corrected chi connectivity index (χ4v) is 2.98. The van der Waals surface area contributed by atoms with Crippen molar-refractivity contribution in [1.29, 1.82) is 0 Å². The molecule has 1 aliphatic rings. The Labute approximate surface area is 146 Å². The highest BCUT2D eigenvalue weighted by molar-refractivity contribution is 5.82. The van der Waals surface area contributed by atoms with Crippen LogP contribution in [0.2, 0.25) is 0 Å². The molecule has 25 heavy (non-hydrogen) atoms. The molecule has 7 heteroatoms. The molecule has 1 amide bonds. The number of nitrogens with zero attached hydrogens (tertiary/aromatic N) is 1. The van der Waals surface area contributed by atoms with Crippen LogP contribution in [0.1, 0.15) is 12.5 Å². The monoisotopic (exact) mass is 348 g/mol. The van der Waals surface area contributed by atoms with Crippen LogP contribution in [0.3, 0.4) is 0 Å². The Balaban J connectivity index is 2.26. The van der Waals surface area contributed by atoms with Gasteiger partial charge in [-0.05, 0) is 19.1 Å². The number of benzene rings is 1. The number of likely N-dealkylation sites (N-methyl/N-ethyl adjacent to an activating group) is 1. The molecule has 1 fully saturated rings. The summed E-state index contributed by atoms with van der Waals surface area (Å²) in [5, 5.41) is 42.6. The molecule has 0 bridgehead atoms. The van der Waals surface area contributed by atoms with Crippen molar-refractivity contribution in [2.75, 3.05) is 19.7 Å². The Morgan fingerprint density at radius 3 is 2.44 bits per heavy atom. The molecular weight excluding hydrogens is 324 g/mol. The number of aliphatic hydroxyl groups is 4. The molecule has 0 saturated carbocycles. The maximum atomic E-state index is 12.3. The van der Waals surface area contributed by atoms with Gasteiger partial charge in [0.25, 0.3) is 0 Å². The minimum Gasteiger partial charge on any atom is -0.395 e. The maximum absolute atomic E-state index is 12.3. The van der Waals surface area contributed by atoms with Crippen LogP contribution in [-0.4, -0.2) is 81.3 Å². The van der Waals surface area contributed by atoms with Gasteiger partial charge in [-0.3, -0.25) is 9.69 Å². The molecule has 136 valence electrons. The summed E-state index contributed by atoms with van der Waals surface area (Å²) in [7, 11) is 0. The largest absolute Gasteiger partial charge is 0.395 e. The van der Waals surface area contributed by atoms with E-state index in [2.05, 4.69) is 17.2 Å². The first-order chi connectivity index (χ1) is 12.0. The third kappa shape index (κ3) is 4.37. The van der Waals surface area contributed by atoms with Gasteiger partial charge >= 0.3 is 0 Å². The Hall–Kier alpha value is -1.95. The van der Waals surface area contributed by atoms with Gasteiger partial charge in [0.2, 0.25) is 5.91 Å². The van der Waals surface area contributed by atoms with Gasteiger partial charge in [0.15, 0.2) is 0 Å². The number of likely N-dealkylation sites (tertiary alicyclic amines) is 1. The summed E-state index contributed by atoms with van der Waals surface area (Å²) in [5.41, 5.74) is 0.788. The van der Waals surface area contributed by atoms with E-state index in [-0.39, 0.29) is 6.54 Å². The molecule has 0 aliphatic carbocycles. The molecule has 2 rings (SSSR count). The Kier molecular flexibility index (Phi) is 6.93. The van der Waals surface area contributed by atoms with Gasteiger partial charge < -0.3 is 25.7 Å². The molecule has 0 spiro atoms. The van der Waals surface area contributed by atoms with E-state index in [0.29, 0.717) is 6.54 Å². The summed E-state index contributed by atoms with van der Waals surface area (Å²) in [4.78, 5) is 13.8. The lowest BCUT2D eigenvalue weighted by Gasteiger charge is -2.47. The third-order valence-electron chi connectivity index (χ3n) is 4.28. The van der Waals surface area contributed by atoms with Crippen LogP contribution < -0.4 is 5.32 Å². The quantitative estimate of drug-likeness (QED) is 0.415. The minimum absolute atomic E-state index is 0.0444. The standard InChI is InChI=1S/C18H24N2O5/c1-2-19-18(25)14-16(23)17(24)15(22)13(11-21)20(14)10-6-9-12-7-4-3-5-8-12/h3-5,7-8,13-17,21-24H,2,10-11H2,1H3,(H,19,25). The van der Waals surface area contributed by atoms with Crippen molar-refractivity contribution < 1.29 is 25.2 Å². The highest BCUT2D eigenvalue weighted by Crippen LogP contribution is 2.24. The summed E-state index contributed by atoms with van der Waals surface area (Å²) in [5.74, 6) is 5.35. The minimum atomic E-state index is -1.52. The number of aliphatic hydroxyl groups excluding tert-OH is 4. The lowest BCUT2D eigenvalue weighted by molar-refractivity contribution is -0.176. The van der Waals surface area contributed by atoms with Gasteiger partial charge in [0, 0.05) is 12.1 Å². The van der Waals surface area contributed by atoms with Crippen LogP contribution in [0, 0.1) is 11.8 Å². The number of amides is 1. The number of rotatable bonds is 4. The maximum Gasteiger partial charge on any atom is 0.240 e. The number of piperidine rings is 1. The summed E-state index contributed by atoms with van der Waals surface area (Å²) >= 11 is 0. The van der Waals surface area contributed by atoms with Gasteiger partial charge in [-0.25, -0.2) is 0 Å². The smallest absolute Gasteiger partial charge is 0.240 e. The number of carbonyl (C=O) groups excluding carboxylic acids is 1. The summed E-state index contributed by atoms with van der Waals surface area (Å²) < 4.78 is 0. The highest BCUT2D eigenvalue weighted by Gasteiger charge is 2.49. The third-order valence-corrected chi connectivity index (χ3v) is 4.28. The zero-order valence-electron chi connectivity index (χ0n) is 14.0. The van der Waals surface area contributed by atoms with E-state index in [1.807, 2.05) is 30.3 Å². The molecule has 7 nitrogen and oxygen atoms in total. The van der Waals surface area contributed by atoms with E-state index < -0.39 is 42.9 Å². The zero-order chi connectivity index (χ0) is 18.4. The van der Waals surface area contributed by atoms with Crippen molar-refractivity contribution in [2.24, 2.45) is 0 Å². The molecular formula is C18H24N2O5. The fourth-order valence-electron chi connectivity index (χ4n) is 2.98. The molecule has 5 atom stereocenters. The van der Waals surface area contributed by atoms with Crippen LogP contribution in [0.15, 0.2) is 30.3 Å². The van der Waals surface area contributed by atoms with Crippen molar-refractivity contribution in [3.8, 4) is 11.8 Å². The number of hydrogen-bond donors (Lipinski definition) is 5. The predicted octanol–water partition coefficient (Wildman–Crippen LogP) is -1.70. The highest BCUT2D eigenvalue weighted by atomic mass is 16.4. The van der Waals surface area contributed by atoms with Crippen molar-refractivity contribution in [3.63, 3.8) is 0 Å². The molecule has 5 unspecified atom stereocenters. The van der Waals surface area contributed by atoms with Gasteiger partial charge in [-0.15, -0.1) is 0 Å². The molecule has 1 aliphatic heterocycles. The number of carbonyl (C=O) groups is 1. The molecule has 1 aromatic carbocycles. The lowest BCUT2D eigenvalue weighted by Crippen LogP contribution is -2.70. The predicted molar refractivity (Wildman–Crippen MR) is 91.4 cm³/mol. The van der Waals surface area contributed by atoms with Crippen LogP contribution in [0.25, 0.3) is 0 Å². The van der Waals surface area contributed by atoms with E-state index in [1.165, 1.54) is 4.90 Å². The first kappa shape index (κ1) is 19.4. The second-order valence-electron chi connectivity index (χ2n) is 5.90. The normalized spacial score (nSPS) is 29.6. The van der Waals surface area contributed by atoms with Crippen LogP contribution in [-0.2, 0) is 4.79 Å². The Morgan fingerprint density at radius 1 is 1.16 bits per heavy atom. The molecule has 1 aromatic rings. The van der Waals surface area contributed by atoms with Gasteiger partial charge in [-0.1, -0.05) is 30.0 Å². The van der Waals surface area contributed by atoms with Crippen molar-refractivity contribution >= 4 is 5.91 Å². The summed E-state index contributed by atoms with van der Waals surface area (Å²) in [6.07, 6.45) is -4.39. The molecule has 1 heterocycles. The van der Waals surface area contributed by atoms with E-state index >= 15 is 0 Å². The van der Waals surface area contributed by atoms with Crippen molar-refractivity contribution in [2.45, 2.75) is 37.3 Å². The van der Waals surface area contributed by atoms with Crippen molar-refractivity contribution in [1.82, 2.24) is 10.2 Å². The molecule has 1 saturated heterocycles. The van der Waals surface area contributed by atoms with Crippen LogP contribution >= 0.6 is 0 Å². The van der Waals surface area contributed by atoms with Gasteiger partial charge in [0.1, 0.15) is 24.4 Å². The van der Waals surface area contributed by atoms with E-state index in [4.69, 9.17) is 0 Å². The Bertz CT molecular complexity index is 627. The summed E-state index contributed by atoms with van der Waals surface area (Å²) in [6, 6.07) is 7.22. The average Bonchev–Trinajstić information content (AvgIpc) is 2.61. The zero-order valence-corrected chi connectivity index (χ0v) is 14.0. The second kappa shape index (κ2) is 8.94. The van der Waals surface area contributed by atoms with Gasteiger partial charge in [-0.2, -0.15) is 0 Å².